The van der Waals surface area contributed by atoms with Crippen LogP contribution in [0.1, 0.15) is 51.9 Å². The second-order valence-corrected chi connectivity index (χ2v) is 5.45. The fourth-order valence-corrected chi connectivity index (χ4v) is 3.11. The molecule has 0 aromatic heterocycles. The number of hydrogen-bond donors (Lipinski definition) is 1. The zero-order chi connectivity index (χ0) is 12.1. The molecule has 0 aromatic carbocycles. The quantitative estimate of drug-likeness (QED) is 0.816. The van der Waals surface area contributed by atoms with Crippen molar-refractivity contribution in [2.45, 2.75) is 58.0 Å². The summed E-state index contributed by atoms with van der Waals surface area (Å²) < 4.78 is 0. The van der Waals surface area contributed by atoms with Crippen molar-refractivity contribution in [3.05, 3.63) is 0 Å². The molecule has 2 aliphatic rings. The third-order valence-electron chi connectivity index (χ3n) is 3.96. The lowest BCUT2D eigenvalue weighted by Gasteiger charge is -2.32. The normalized spacial score (nSPS) is 27.1. The molecule has 2 rings (SSSR count). The van der Waals surface area contributed by atoms with Crippen LogP contribution in [-0.2, 0) is 0 Å². The van der Waals surface area contributed by atoms with Crippen LogP contribution in [0.25, 0.3) is 0 Å². The Balaban J connectivity index is 2.00. The number of aliphatic hydroxyl groups excluding tert-OH is 1. The fraction of sp³-hybridized carbons (Fsp3) is 0.929. The molecule has 0 saturated carbocycles. The summed E-state index contributed by atoms with van der Waals surface area (Å²) in [4.78, 5) is 7.21. The monoisotopic (exact) mass is 238 g/mol. The maximum atomic E-state index is 10.0. The van der Waals surface area contributed by atoms with Crippen molar-refractivity contribution in [2.75, 3.05) is 19.6 Å². The van der Waals surface area contributed by atoms with Gasteiger partial charge >= 0.3 is 0 Å². The third kappa shape index (κ3) is 3.44. The number of fused-ring (bicyclic) bond motifs is 1. The smallest absolute Gasteiger partial charge is 0.102 e. The predicted molar refractivity (Wildman–Crippen MR) is 71.4 cm³/mol. The first-order valence-electron chi connectivity index (χ1n) is 7.28. The zero-order valence-corrected chi connectivity index (χ0v) is 11.1. The van der Waals surface area contributed by atoms with E-state index in [1.54, 1.807) is 0 Å². The molecular formula is C14H26N2O. The van der Waals surface area contributed by atoms with Gasteiger partial charge in [-0.2, -0.15) is 0 Å². The SMILES string of the molecule is CCCC(O)CC1CCCCN2CCCN=C12. The van der Waals surface area contributed by atoms with E-state index in [4.69, 9.17) is 4.99 Å². The Kier molecular flexibility index (Phi) is 4.84. The van der Waals surface area contributed by atoms with Crippen molar-refractivity contribution in [3.8, 4) is 0 Å². The Hall–Kier alpha value is -0.570. The fourth-order valence-electron chi connectivity index (χ4n) is 3.11. The third-order valence-corrected chi connectivity index (χ3v) is 3.96. The van der Waals surface area contributed by atoms with Gasteiger partial charge < -0.3 is 10.0 Å². The molecule has 2 atom stereocenters. The minimum Gasteiger partial charge on any atom is -0.393 e. The molecule has 1 N–H and O–H groups in total. The minimum atomic E-state index is -0.130. The molecule has 17 heavy (non-hydrogen) atoms. The van der Waals surface area contributed by atoms with Crippen molar-refractivity contribution in [2.24, 2.45) is 10.9 Å². The maximum absolute atomic E-state index is 10.0. The van der Waals surface area contributed by atoms with E-state index in [2.05, 4.69) is 11.8 Å². The highest BCUT2D eigenvalue weighted by molar-refractivity contribution is 5.85. The Morgan fingerprint density at radius 1 is 1.35 bits per heavy atom. The van der Waals surface area contributed by atoms with E-state index < -0.39 is 0 Å². The van der Waals surface area contributed by atoms with E-state index in [0.717, 1.165) is 25.8 Å². The predicted octanol–water partition coefficient (Wildman–Crippen LogP) is 2.44. The van der Waals surface area contributed by atoms with Crippen molar-refractivity contribution in [1.82, 2.24) is 4.90 Å². The lowest BCUT2D eigenvalue weighted by Crippen LogP contribution is -2.40. The van der Waals surface area contributed by atoms with Gasteiger partial charge in [0, 0.05) is 25.6 Å². The molecule has 0 bridgehead atoms. The molecule has 1 fully saturated rings. The molecule has 98 valence electrons. The number of aliphatic hydroxyl groups is 1. The summed E-state index contributed by atoms with van der Waals surface area (Å²) in [5, 5.41) is 10.0. The molecule has 0 amide bonds. The lowest BCUT2D eigenvalue weighted by molar-refractivity contribution is 0.139. The summed E-state index contributed by atoms with van der Waals surface area (Å²) in [5.74, 6) is 1.82. The summed E-state index contributed by atoms with van der Waals surface area (Å²) in [7, 11) is 0. The number of amidine groups is 1. The molecule has 0 spiro atoms. The van der Waals surface area contributed by atoms with Gasteiger partial charge in [0.25, 0.3) is 0 Å². The number of nitrogens with zero attached hydrogens (tertiary/aromatic N) is 2. The van der Waals surface area contributed by atoms with Crippen LogP contribution in [0.15, 0.2) is 4.99 Å². The number of rotatable bonds is 4. The summed E-state index contributed by atoms with van der Waals surface area (Å²) in [6, 6.07) is 0. The molecule has 1 saturated heterocycles. The topological polar surface area (TPSA) is 35.8 Å². The van der Waals surface area contributed by atoms with Crippen molar-refractivity contribution >= 4 is 5.84 Å². The van der Waals surface area contributed by atoms with Gasteiger partial charge in [0.05, 0.1) is 6.10 Å². The number of aliphatic imine (C=N–C) groups is 1. The summed E-state index contributed by atoms with van der Waals surface area (Å²) in [6.07, 6.45) is 7.80. The lowest BCUT2D eigenvalue weighted by atomic mass is 9.93. The summed E-state index contributed by atoms with van der Waals surface area (Å²) in [5.41, 5.74) is 0. The van der Waals surface area contributed by atoms with Crippen molar-refractivity contribution in [3.63, 3.8) is 0 Å². The van der Waals surface area contributed by atoms with Crippen LogP contribution in [0.2, 0.25) is 0 Å². The van der Waals surface area contributed by atoms with Crippen LogP contribution < -0.4 is 0 Å². The van der Waals surface area contributed by atoms with Crippen LogP contribution >= 0.6 is 0 Å². The standard InChI is InChI=1S/C14H26N2O/c1-2-6-13(17)11-12-7-3-4-9-16-10-5-8-15-14(12)16/h12-13,17H,2-11H2,1H3. The molecule has 3 nitrogen and oxygen atoms in total. The van der Waals surface area contributed by atoms with Gasteiger partial charge in [-0.05, 0) is 32.1 Å². The molecule has 0 aliphatic carbocycles. The highest BCUT2D eigenvalue weighted by Gasteiger charge is 2.27. The second kappa shape index (κ2) is 6.39. The van der Waals surface area contributed by atoms with E-state index in [9.17, 15) is 5.11 Å². The Morgan fingerprint density at radius 3 is 3.00 bits per heavy atom. The summed E-state index contributed by atoms with van der Waals surface area (Å²) >= 11 is 0. The highest BCUT2D eigenvalue weighted by atomic mass is 16.3. The molecule has 3 heteroatoms. The van der Waals surface area contributed by atoms with Gasteiger partial charge in [0.2, 0.25) is 0 Å². The van der Waals surface area contributed by atoms with Gasteiger partial charge in [-0.25, -0.2) is 0 Å². The molecule has 0 aromatic rings. The Bertz CT molecular complexity index is 265. The minimum absolute atomic E-state index is 0.130. The van der Waals surface area contributed by atoms with E-state index in [-0.39, 0.29) is 6.10 Å². The van der Waals surface area contributed by atoms with Gasteiger partial charge in [0.1, 0.15) is 5.84 Å². The first-order valence-corrected chi connectivity index (χ1v) is 7.28. The van der Waals surface area contributed by atoms with E-state index >= 15 is 0 Å². The Labute approximate surface area is 105 Å². The van der Waals surface area contributed by atoms with Crippen molar-refractivity contribution in [1.29, 1.82) is 0 Å². The van der Waals surface area contributed by atoms with Gasteiger partial charge in [-0.15, -0.1) is 0 Å². The molecule has 2 aliphatic heterocycles. The number of hydrogen-bond acceptors (Lipinski definition) is 3. The molecule has 0 radical (unpaired) electrons. The van der Waals surface area contributed by atoms with Crippen LogP contribution in [0.3, 0.4) is 0 Å². The zero-order valence-electron chi connectivity index (χ0n) is 11.1. The van der Waals surface area contributed by atoms with E-state index in [1.807, 2.05) is 0 Å². The molecule has 2 heterocycles. The van der Waals surface area contributed by atoms with Gasteiger partial charge in [-0.3, -0.25) is 4.99 Å². The average Bonchev–Trinajstić information content (AvgIpc) is 2.53. The first-order chi connectivity index (χ1) is 8.31. The van der Waals surface area contributed by atoms with Gasteiger partial charge in [0.15, 0.2) is 0 Å². The van der Waals surface area contributed by atoms with Gasteiger partial charge in [-0.1, -0.05) is 19.8 Å². The largest absolute Gasteiger partial charge is 0.393 e. The van der Waals surface area contributed by atoms with Crippen LogP contribution in [0, 0.1) is 5.92 Å². The average molecular weight is 238 g/mol. The Morgan fingerprint density at radius 2 is 2.18 bits per heavy atom. The highest BCUT2D eigenvalue weighted by Crippen LogP contribution is 2.26. The van der Waals surface area contributed by atoms with E-state index in [0.29, 0.717) is 5.92 Å². The first kappa shape index (κ1) is 12.9. The molecule has 2 unspecified atom stereocenters. The maximum Gasteiger partial charge on any atom is 0.102 e. The van der Waals surface area contributed by atoms with Crippen LogP contribution in [-0.4, -0.2) is 41.6 Å². The van der Waals surface area contributed by atoms with E-state index in [1.165, 1.54) is 44.6 Å². The van der Waals surface area contributed by atoms with Crippen molar-refractivity contribution < 1.29 is 5.11 Å². The summed E-state index contributed by atoms with van der Waals surface area (Å²) in [6.45, 7) is 5.49. The van der Waals surface area contributed by atoms with Crippen LogP contribution in [0.5, 0.6) is 0 Å². The second-order valence-electron chi connectivity index (χ2n) is 5.45. The van der Waals surface area contributed by atoms with Crippen LogP contribution in [0.4, 0.5) is 0 Å². The molecular weight excluding hydrogens is 212 g/mol.